The zero-order chi connectivity index (χ0) is 14.6. The standard InChI is InChI=1S/C11H12FN3O4/c1-13-10(16)6-14(2)11(17)8-5-7(12)3-4-9(8)15(18)19/h3-5H,6H2,1-2H3,(H,13,16). The van der Waals surface area contributed by atoms with E-state index in [1.54, 1.807) is 0 Å². The van der Waals surface area contributed by atoms with E-state index in [4.69, 9.17) is 0 Å². The molecule has 0 atom stereocenters. The molecule has 0 saturated heterocycles. The molecule has 19 heavy (non-hydrogen) atoms. The molecule has 8 heteroatoms. The summed E-state index contributed by atoms with van der Waals surface area (Å²) in [4.78, 5) is 34.0. The minimum absolute atomic E-state index is 0.275. The molecule has 0 fully saturated rings. The third-order valence-electron chi connectivity index (χ3n) is 2.39. The van der Waals surface area contributed by atoms with Gasteiger partial charge in [0.25, 0.3) is 11.6 Å². The maximum absolute atomic E-state index is 13.1. The van der Waals surface area contributed by atoms with Crippen LogP contribution in [0.15, 0.2) is 18.2 Å². The Morgan fingerprint density at radius 1 is 1.47 bits per heavy atom. The highest BCUT2D eigenvalue weighted by molar-refractivity contribution is 5.99. The van der Waals surface area contributed by atoms with E-state index in [0.29, 0.717) is 0 Å². The van der Waals surface area contributed by atoms with Crippen molar-refractivity contribution in [3.05, 3.63) is 39.7 Å². The third kappa shape index (κ3) is 3.47. The first kappa shape index (κ1) is 14.6. The maximum atomic E-state index is 13.1. The van der Waals surface area contributed by atoms with Crippen molar-refractivity contribution in [2.24, 2.45) is 0 Å². The molecule has 102 valence electrons. The average molecular weight is 269 g/mol. The van der Waals surface area contributed by atoms with E-state index in [9.17, 15) is 24.1 Å². The van der Waals surface area contributed by atoms with Gasteiger partial charge in [-0.2, -0.15) is 0 Å². The predicted octanol–water partition coefficient (Wildman–Crippen LogP) is 0.552. The third-order valence-corrected chi connectivity index (χ3v) is 2.39. The molecule has 1 aromatic rings. The summed E-state index contributed by atoms with van der Waals surface area (Å²) < 4.78 is 13.1. The lowest BCUT2D eigenvalue weighted by Gasteiger charge is -2.16. The molecule has 0 unspecified atom stereocenters. The number of amides is 2. The molecule has 7 nitrogen and oxygen atoms in total. The number of hydrogen-bond donors (Lipinski definition) is 1. The number of carbonyl (C=O) groups is 2. The SMILES string of the molecule is CNC(=O)CN(C)C(=O)c1cc(F)ccc1[N+](=O)[O-]. The first-order valence-corrected chi connectivity index (χ1v) is 5.26. The molecule has 0 aromatic heterocycles. The van der Waals surface area contributed by atoms with Gasteiger partial charge in [0.2, 0.25) is 5.91 Å². The number of nitrogens with zero attached hydrogens (tertiary/aromatic N) is 2. The lowest BCUT2D eigenvalue weighted by molar-refractivity contribution is -0.385. The largest absolute Gasteiger partial charge is 0.358 e. The van der Waals surface area contributed by atoms with Crippen LogP contribution in [0.5, 0.6) is 0 Å². The van der Waals surface area contributed by atoms with Crippen LogP contribution in [0.25, 0.3) is 0 Å². The van der Waals surface area contributed by atoms with Gasteiger partial charge in [-0.15, -0.1) is 0 Å². The van der Waals surface area contributed by atoms with Gasteiger partial charge in [-0.3, -0.25) is 19.7 Å². The van der Waals surface area contributed by atoms with E-state index in [1.165, 1.54) is 14.1 Å². The van der Waals surface area contributed by atoms with Crippen molar-refractivity contribution in [2.45, 2.75) is 0 Å². The van der Waals surface area contributed by atoms with Gasteiger partial charge in [0.1, 0.15) is 11.4 Å². The van der Waals surface area contributed by atoms with Gasteiger partial charge in [-0.1, -0.05) is 0 Å². The molecular weight excluding hydrogens is 257 g/mol. The Morgan fingerprint density at radius 3 is 2.63 bits per heavy atom. The van der Waals surface area contributed by atoms with Crippen LogP contribution in [-0.4, -0.2) is 42.3 Å². The molecule has 0 bridgehead atoms. The molecule has 0 radical (unpaired) electrons. The molecule has 1 rings (SSSR count). The lowest BCUT2D eigenvalue weighted by Crippen LogP contribution is -2.37. The van der Waals surface area contributed by atoms with Crippen molar-refractivity contribution in [3.8, 4) is 0 Å². The summed E-state index contributed by atoms with van der Waals surface area (Å²) in [6, 6.07) is 2.59. The number of rotatable bonds is 4. The van der Waals surface area contributed by atoms with Gasteiger partial charge in [-0.05, 0) is 12.1 Å². The summed E-state index contributed by atoms with van der Waals surface area (Å²) in [6.45, 7) is -0.275. The van der Waals surface area contributed by atoms with E-state index < -0.39 is 33.8 Å². The molecule has 0 saturated carbocycles. The van der Waals surface area contributed by atoms with Gasteiger partial charge in [-0.25, -0.2) is 4.39 Å². The zero-order valence-corrected chi connectivity index (χ0v) is 10.3. The number of nitrogens with one attached hydrogen (secondary N) is 1. The van der Waals surface area contributed by atoms with Crippen molar-refractivity contribution in [3.63, 3.8) is 0 Å². The van der Waals surface area contributed by atoms with Crippen LogP contribution < -0.4 is 5.32 Å². The van der Waals surface area contributed by atoms with Crippen LogP contribution >= 0.6 is 0 Å². The topological polar surface area (TPSA) is 92.6 Å². The number of likely N-dealkylation sites (N-methyl/N-ethyl adjacent to an activating group) is 2. The van der Waals surface area contributed by atoms with Crippen LogP contribution in [0.4, 0.5) is 10.1 Å². The summed E-state index contributed by atoms with van der Waals surface area (Å²) in [5, 5.41) is 13.1. The van der Waals surface area contributed by atoms with Gasteiger partial charge >= 0.3 is 0 Å². The summed E-state index contributed by atoms with van der Waals surface area (Å²) in [6.07, 6.45) is 0. The highest BCUT2D eigenvalue weighted by Crippen LogP contribution is 2.20. The number of benzene rings is 1. The van der Waals surface area contributed by atoms with E-state index in [2.05, 4.69) is 5.32 Å². The normalized spacial score (nSPS) is 9.84. The van der Waals surface area contributed by atoms with Gasteiger partial charge < -0.3 is 10.2 Å². The summed E-state index contributed by atoms with van der Waals surface area (Å²) in [5.41, 5.74) is -0.897. The minimum atomic E-state index is -0.796. The van der Waals surface area contributed by atoms with Crippen LogP contribution in [-0.2, 0) is 4.79 Å². The molecule has 0 aliphatic carbocycles. The quantitative estimate of drug-likeness (QED) is 0.638. The van der Waals surface area contributed by atoms with Crippen LogP contribution in [0.2, 0.25) is 0 Å². The zero-order valence-electron chi connectivity index (χ0n) is 10.3. The van der Waals surface area contributed by atoms with Crippen molar-refractivity contribution in [2.75, 3.05) is 20.6 Å². The second kappa shape index (κ2) is 5.89. The Bertz CT molecular complexity index is 533. The maximum Gasteiger partial charge on any atom is 0.282 e. The second-order valence-electron chi connectivity index (χ2n) is 3.75. The van der Waals surface area contributed by atoms with Crippen molar-refractivity contribution >= 4 is 17.5 Å². The second-order valence-corrected chi connectivity index (χ2v) is 3.75. The summed E-state index contributed by atoms with van der Waals surface area (Å²) in [7, 11) is 2.69. The van der Waals surface area contributed by atoms with Crippen LogP contribution in [0.3, 0.4) is 0 Å². The Balaban J connectivity index is 3.07. The molecular formula is C11H12FN3O4. The smallest absolute Gasteiger partial charge is 0.282 e. The summed E-state index contributed by atoms with van der Waals surface area (Å²) in [5.74, 6) is -1.99. The first-order chi connectivity index (χ1) is 8.86. The van der Waals surface area contributed by atoms with E-state index >= 15 is 0 Å². The monoisotopic (exact) mass is 269 g/mol. The van der Waals surface area contributed by atoms with Gasteiger partial charge in [0.05, 0.1) is 11.5 Å². The van der Waals surface area contributed by atoms with Crippen LogP contribution in [0, 0.1) is 15.9 Å². The van der Waals surface area contributed by atoms with Crippen molar-refractivity contribution in [1.29, 1.82) is 0 Å². The van der Waals surface area contributed by atoms with Crippen molar-refractivity contribution < 1.29 is 18.9 Å². The van der Waals surface area contributed by atoms with Crippen LogP contribution in [0.1, 0.15) is 10.4 Å². The fraction of sp³-hybridized carbons (Fsp3) is 0.273. The fourth-order valence-electron chi connectivity index (χ4n) is 1.41. The molecule has 0 spiro atoms. The minimum Gasteiger partial charge on any atom is -0.358 e. The number of nitro groups is 1. The first-order valence-electron chi connectivity index (χ1n) is 5.26. The molecule has 1 N–H and O–H groups in total. The fourth-order valence-corrected chi connectivity index (χ4v) is 1.41. The Kier molecular flexibility index (Phi) is 4.51. The Morgan fingerprint density at radius 2 is 2.11 bits per heavy atom. The van der Waals surface area contributed by atoms with E-state index in [0.717, 1.165) is 23.1 Å². The molecule has 1 aromatic carbocycles. The molecule has 0 heterocycles. The number of hydrogen-bond acceptors (Lipinski definition) is 4. The Labute approximate surface area is 108 Å². The highest BCUT2D eigenvalue weighted by Gasteiger charge is 2.24. The number of halogens is 1. The lowest BCUT2D eigenvalue weighted by atomic mass is 10.1. The predicted molar refractivity (Wildman–Crippen MR) is 64.1 cm³/mol. The van der Waals surface area contributed by atoms with Gasteiger partial charge in [0.15, 0.2) is 0 Å². The molecule has 0 aliphatic rings. The molecule has 0 aliphatic heterocycles. The Hall–Kier alpha value is -2.51. The number of carbonyl (C=O) groups excluding carboxylic acids is 2. The number of nitro benzene ring substituents is 1. The van der Waals surface area contributed by atoms with E-state index in [-0.39, 0.29) is 6.54 Å². The van der Waals surface area contributed by atoms with Crippen molar-refractivity contribution in [1.82, 2.24) is 10.2 Å². The van der Waals surface area contributed by atoms with Gasteiger partial charge in [0, 0.05) is 20.2 Å². The summed E-state index contributed by atoms with van der Waals surface area (Å²) >= 11 is 0. The highest BCUT2D eigenvalue weighted by atomic mass is 19.1. The van der Waals surface area contributed by atoms with E-state index in [1.807, 2.05) is 0 Å². The molecule has 2 amide bonds. The average Bonchev–Trinajstić information content (AvgIpc) is 2.36.